The number of hydrogen-bond donors (Lipinski definition) is 2. The zero-order valence-corrected chi connectivity index (χ0v) is 8.55. The largest absolute Gasteiger partial charge is 0.348 e. The average molecular weight is 182 g/mol. The van der Waals surface area contributed by atoms with Gasteiger partial charge in [-0.1, -0.05) is 6.08 Å². The monoisotopic (exact) mass is 182 g/mol. The van der Waals surface area contributed by atoms with Crippen molar-refractivity contribution in [3.05, 3.63) is 12.2 Å². The van der Waals surface area contributed by atoms with Crippen molar-refractivity contribution in [1.29, 1.82) is 0 Å². The lowest BCUT2D eigenvalue weighted by atomic mass is 10.1. The highest BCUT2D eigenvalue weighted by Crippen LogP contribution is 2.33. The van der Waals surface area contributed by atoms with Crippen molar-refractivity contribution in [2.24, 2.45) is 5.73 Å². The Kier molecular flexibility index (Phi) is 2.48. The molecule has 13 heavy (non-hydrogen) atoms. The van der Waals surface area contributed by atoms with Crippen LogP contribution in [0.2, 0.25) is 0 Å². The van der Waals surface area contributed by atoms with Gasteiger partial charge in [0.05, 0.1) is 0 Å². The zero-order chi connectivity index (χ0) is 10.1. The van der Waals surface area contributed by atoms with Gasteiger partial charge in [-0.05, 0) is 33.6 Å². The van der Waals surface area contributed by atoms with E-state index in [4.69, 9.17) is 5.73 Å². The Morgan fingerprint density at radius 3 is 2.38 bits per heavy atom. The van der Waals surface area contributed by atoms with Gasteiger partial charge in [-0.15, -0.1) is 0 Å². The first-order valence-corrected chi connectivity index (χ1v) is 4.61. The van der Waals surface area contributed by atoms with Crippen LogP contribution in [0.3, 0.4) is 0 Å². The van der Waals surface area contributed by atoms with Crippen LogP contribution >= 0.6 is 0 Å². The fraction of sp³-hybridized carbons (Fsp3) is 0.700. The summed E-state index contributed by atoms with van der Waals surface area (Å²) in [5.74, 6) is -0.0655. The molecule has 1 aliphatic carbocycles. The molecule has 3 N–H and O–H groups in total. The predicted octanol–water partition coefficient (Wildman–Crippen LogP) is 0.949. The molecule has 74 valence electrons. The molecule has 1 rings (SSSR count). The molecule has 1 aliphatic rings. The number of amides is 1. The fourth-order valence-electron chi connectivity index (χ4n) is 0.964. The van der Waals surface area contributed by atoms with Crippen molar-refractivity contribution >= 4 is 5.91 Å². The first kappa shape index (κ1) is 10.3. The first-order chi connectivity index (χ1) is 5.81. The van der Waals surface area contributed by atoms with E-state index in [9.17, 15) is 4.79 Å². The quantitative estimate of drug-likeness (QED) is 0.625. The van der Waals surface area contributed by atoms with Gasteiger partial charge in [-0.3, -0.25) is 4.79 Å². The molecule has 1 fully saturated rings. The van der Waals surface area contributed by atoms with E-state index in [2.05, 4.69) is 5.32 Å². The maximum Gasteiger partial charge on any atom is 0.244 e. The summed E-state index contributed by atoms with van der Waals surface area (Å²) < 4.78 is 0. The molecular formula is C10H18N2O. The minimum Gasteiger partial charge on any atom is -0.348 e. The fourth-order valence-corrected chi connectivity index (χ4v) is 0.964. The second-order valence-electron chi connectivity index (χ2n) is 4.81. The molecule has 0 aromatic heterocycles. The van der Waals surface area contributed by atoms with Crippen LogP contribution in [-0.2, 0) is 4.79 Å². The van der Waals surface area contributed by atoms with Crippen molar-refractivity contribution in [2.45, 2.75) is 44.7 Å². The Labute approximate surface area is 79.4 Å². The Morgan fingerprint density at radius 1 is 1.46 bits per heavy atom. The molecule has 0 radical (unpaired) electrons. The van der Waals surface area contributed by atoms with Crippen LogP contribution in [0.15, 0.2) is 12.2 Å². The summed E-state index contributed by atoms with van der Waals surface area (Å²) in [5.41, 5.74) is 5.43. The highest BCUT2D eigenvalue weighted by molar-refractivity contribution is 5.88. The Morgan fingerprint density at radius 2 is 2.00 bits per heavy atom. The van der Waals surface area contributed by atoms with E-state index in [1.807, 2.05) is 20.8 Å². The van der Waals surface area contributed by atoms with Gasteiger partial charge in [0.2, 0.25) is 5.91 Å². The van der Waals surface area contributed by atoms with Crippen molar-refractivity contribution in [1.82, 2.24) is 5.32 Å². The van der Waals surface area contributed by atoms with E-state index in [0.29, 0.717) is 0 Å². The van der Waals surface area contributed by atoms with Crippen LogP contribution in [0.4, 0.5) is 0 Å². The summed E-state index contributed by atoms with van der Waals surface area (Å²) in [7, 11) is 0. The van der Waals surface area contributed by atoms with Crippen molar-refractivity contribution in [2.75, 3.05) is 0 Å². The third-order valence-electron chi connectivity index (χ3n) is 1.89. The number of rotatable bonds is 2. The van der Waals surface area contributed by atoms with Gasteiger partial charge in [0.15, 0.2) is 0 Å². The Bertz CT molecular complexity index is 234. The van der Waals surface area contributed by atoms with E-state index < -0.39 is 0 Å². The smallest absolute Gasteiger partial charge is 0.244 e. The average Bonchev–Trinajstić information content (AvgIpc) is 2.62. The molecule has 0 bridgehead atoms. The molecule has 0 saturated heterocycles. The predicted molar refractivity (Wildman–Crippen MR) is 53.2 cm³/mol. The highest BCUT2D eigenvalue weighted by Gasteiger charge is 2.35. The van der Waals surface area contributed by atoms with Gasteiger partial charge >= 0.3 is 0 Å². The summed E-state index contributed by atoms with van der Waals surface area (Å²) >= 11 is 0. The lowest BCUT2D eigenvalue weighted by molar-refractivity contribution is -0.117. The van der Waals surface area contributed by atoms with E-state index in [0.717, 1.165) is 12.8 Å². The molecule has 0 spiro atoms. The van der Waals surface area contributed by atoms with Crippen LogP contribution in [0, 0.1) is 0 Å². The lowest BCUT2D eigenvalue weighted by Crippen LogP contribution is -2.39. The summed E-state index contributed by atoms with van der Waals surface area (Å²) in [6.45, 7) is 5.86. The second-order valence-corrected chi connectivity index (χ2v) is 4.81. The Hall–Kier alpha value is -0.830. The molecular weight excluding hydrogens is 164 g/mol. The van der Waals surface area contributed by atoms with Crippen molar-refractivity contribution < 1.29 is 4.79 Å². The molecule has 0 aromatic rings. The normalized spacial score (nSPS) is 20.3. The van der Waals surface area contributed by atoms with Gasteiger partial charge < -0.3 is 11.1 Å². The van der Waals surface area contributed by atoms with Crippen molar-refractivity contribution in [3.8, 4) is 0 Å². The summed E-state index contributed by atoms with van der Waals surface area (Å²) in [6, 6.07) is 0. The van der Waals surface area contributed by atoms with Gasteiger partial charge in [-0.2, -0.15) is 0 Å². The maximum absolute atomic E-state index is 11.3. The second kappa shape index (κ2) is 3.14. The topological polar surface area (TPSA) is 55.1 Å². The van der Waals surface area contributed by atoms with E-state index in [-0.39, 0.29) is 17.0 Å². The number of nitrogens with two attached hydrogens (primary N) is 1. The molecule has 1 saturated carbocycles. The van der Waals surface area contributed by atoms with Crippen molar-refractivity contribution in [3.63, 3.8) is 0 Å². The van der Waals surface area contributed by atoms with Gasteiger partial charge in [0.1, 0.15) is 0 Å². The number of carbonyl (C=O) groups excluding carboxylic acids is 1. The number of nitrogens with one attached hydrogen (secondary N) is 1. The SMILES string of the molecule is CC(C)(C)NC(=O)C=CC1(N)CC1. The first-order valence-electron chi connectivity index (χ1n) is 4.61. The van der Waals surface area contributed by atoms with Crippen LogP contribution in [-0.4, -0.2) is 17.0 Å². The van der Waals surface area contributed by atoms with E-state index in [1.54, 1.807) is 6.08 Å². The molecule has 0 atom stereocenters. The minimum atomic E-state index is -0.185. The van der Waals surface area contributed by atoms with Crippen LogP contribution in [0.25, 0.3) is 0 Å². The molecule has 0 unspecified atom stereocenters. The molecule has 0 heterocycles. The molecule has 0 aliphatic heterocycles. The summed E-state index contributed by atoms with van der Waals surface area (Å²) in [4.78, 5) is 11.3. The standard InChI is InChI=1S/C10H18N2O/c1-9(2,3)12-8(13)4-5-10(11)6-7-10/h4-5H,6-7,11H2,1-3H3,(H,12,13). The summed E-state index contributed by atoms with van der Waals surface area (Å²) in [6.07, 6.45) is 5.32. The van der Waals surface area contributed by atoms with Crippen LogP contribution in [0.1, 0.15) is 33.6 Å². The van der Waals surface area contributed by atoms with Crippen LogP contribution in [0.5, 0.6) is 0 Å². The van der Waals surface area contributed by atoms with Gasteiger partial charge in [0.25, 0.3) is 0 Å². The zero-order valence-electron chi connectivity index (χ0n) is 8.55. The highest BCUT2D eigenvalue weighted by atomic mass is 16.1. The molecule has 3 nitrogen and oxygen atoms in total. The Balaban J connectivity index is 2.37. The third-order valence-corrected chi connectivity index (χ3v) is 1.89. The van der Waals surface area contributed by atoms with Gasteiger partial charge in [-0.25, -0.2) is 0 Å². The number of carbonyl (C=O) groups is 1. The minimum absolute atomic E-state index is 0.0655. The van der Waals surface area contributed by atoms with Crippen LogP contribution < -0.4 is 11.1 Å². The third kappa shape index (κ3) is 4.08. The van der Waals surface area contributed by atoms with Gasteiger partial charge in [0, 0.05) is 17.2 Å². The summed E-state index contributed by atoms with van der Waals surface area (Å²) in [5, 5.41) is 2.84. The maximum atomic E-state index is 11.3. The lowest BCUT2D eigenvalue weighted by Gasteiger charge is -2.19. The van der Waals surface area contributed by atoms with E-state index >= 15 is 0 Å². The molecule has 0 aromatic carbocycles. The van der Waals surface area contributed by atoms with E-state index in [1.165, 1.54) is 6.08 Å². The molecule has 3 heteroatoms. The molecule has 1 amide bonds. The number of hydrogen-bond acceptors (Lipinski definition) is 2.